The van der Waals surface area contributed by atoms with Gasteiger partial charge in [-0.2, -0.15) is 0 Å². The Balaban J connectivity index is 1.35. The molecule has 0 saturated carbocycles. The molecule has 0 amide bonds. The van der Waals surface area contributed by atoms with Crippen LogP contribution in [0.2, 0.25) is 0 Å². The van der Waals surface area contributed by atoms with E-state index in [0.717, 1.165) is 6.42 Å². The highest BCUT2D eigenvalue weighted by molar-refractivity contribution is 5.87. The molecule has 38 heavy (non-hydrogen) atoms. The smallest absolute Gasteiger partial charge is 0.0497 e. The summed E-state index contributed by atoms with van der Waals surface area (Å²) in [7, 11) is 0. The van der Waals surface area contributed by atoms with E-state index in [4.69, 9.17) is 0 Å². The van der Waals surface area contributed by atoms with Gasteiger partial charge in [-0.1, -0.05) is 115 Å². The number of anilines is 3. The number of rotatable bonds is 4. The molecule has 0 bridgehead atoms. The van der Waals surface area contributed by atoms with Crippen molar-refractivity contribution in [1.82, 2.24) is 0 Å². The summed E-state index contributed by atoms with van der Waals surface area (Å²) in [5, 5.41) is 0. The molecular formula is C37H27N. The second-order valence-electron chi connectivity index (χ2n) is 9.84. The van der Waals surface area contributed by atoms with Gasteiger partial charge in [-0.05, 0) is 80.9 Å². The quantitative estimate of drug-likeness (QED) is 0.240. The van der Waals surface area contributed by atoms with E-state index < -0.39 is 0 Å². The molecule has 0 N–H and O–H groups in total. The molecule has 1 heteroatoms. The van der Waals surface area contributed by atoms with Gasteiger partial charge in [0.2, 0.25) is 0 Å². The molecule has 7 rings (SSSR count). The van der Waals surface area contributed by atoms with E-state index in [1.54, 1.807) is 0 Å². The van der Waals surface area contributed by atoms with Gasteiger partial charge in [0.05, 0.1) is 0 Å². The zero-order valence-electron chi connectivity index (χ0n) is 21.1. The van der Waals surface area contributed by atoms with Gasteiger partial charge in [0.25, 0.3) is 0 Å². The lowest BCUT2D eigenvalue weighted by molar-refractivity contribution is 1.09. The number of fused-ring (bicyclic) bond motifs is 2. The third kappa shape index (κ3) is 4.09. The Bertz CT molecular complexity index is 1610. The molecule has 0 unspecified atom stereocenters. The second-order valence-corrected chi connectivity index (χ2v) is 9.84. The summed E-state index contributed by atoms with van der Waals surface area (Å²) in [6, 6.07) is 54.7. The maximum absolute atomic E-state index is 2.42. The van der Waals surface area contributed by atoms with Crippen molar-refractivity contribution in [3.05, 3.63) is 163 Å². The summed E-state index contributed by atoms with van der Waals surface area (Å²) in [5.74, 6) is 0. The monoisotopic (exact) mass is 485 g/mol. The van der Waals surface area contributed by atoms with Gasteiger partial charge < -0.3 is 4.90 Å². The van der Waals surface area contributed by atoms with Crippen LogP contribution >= 0.6 is 0 Å². The van der Waals surface area contributed by atoms with Crippen molar-refractivity contribution in [3.8, 4) is 33.4 Å². The minimum absolute atomic E-state index is 0.907. The van der Waals surface area contributed by atoms with Crippen LogP contribution < -0.4 is 4.90 Å². The first-order valence-corrected chi connectivity index (χ1v) is 13.2. The zero-order chi connectivity index (χ0) is 25.3. The van der Waals surface area contributed by atoms with Crippen molar-refractivity contribution in [2.45, 2.75) is 6.42 Å². The Labute approximate surface area is 224 Å². The molecule has 0 aromatic heterocycles. The summed E-state index contributed by atoms with van der Waals surface area (Å²) in [5.41, 5.74) is 13.8. The van der Waals surface area contributed by atoms with Crippen molar-refractivity contribution in [2.75, 3.05) is 4.90 Å². The van der Waals surface area contributed by atoms with E-state index in [-0.39, 0.29) is 0 Å². The molecule has 6 aromatic carbocycles. The van der Waals surface area contributed by atoms with Crippen molar-refractivity contribution < 1.29 is 0 Å². The lowest BCUT2D eigenvalue weighted by Gasteiger charge is -2.34. The van der Waals surface area contributed by atoms with E-state index in [2.05, 4.69) is 157 Å². The van der Waals surface area contributed by atoms with Crippen molar-refractivity contribution in [3.63, 3.8) is 0 Å². The molecule has 0 aliphatic carbocycles. The molecule has 6 aromatic rings. The van der Waals surface area contributed by atoms with Gasteiger partial charge in [-0.25, -0.2) is 0 Å². The molecule has 0 spiro atoms. The number of benzene rings is 6. The summed E-state index contributed by atoms with van der Waals surface area (Å²) in [6.07, 6.45) is 0.907. The summed E-state index contributed by atoms with van der Waals surface area (Å²) in [4.78, 5) is 2.42. The number of nitrogens with zero attached hydrogens (tertiary/aromatic N) is 1. The Hall–Kier alpha value is -4.88. The largest absolute Gasteiger partial charge is 0.310 e. The number of hydrogen-bond acceptors (Lipinski definition) is 1. The van der Waals surface area contributed by atoms with Crippen LogP contribution in [0.1, 0.15) is 11.1 Å². The molecule has 0 saturated heterocycles. The predicted molar refractivity (Wildman–Crippen MR) is 160 cm³/mol. The van der Waals surface area contributed by atoms with Crippen LogP contribution in [0.25, 0.3) is 33.4 Å². The molecule has 1 aliphatic rings. The molecule has 0 atom stereocenters. The first kappa shape index (κ1) is 22.3. The van der Waals surface area contributed by atoms with E-state index >= 15 is 0 Å². The fraction of sp³-hybridized carbons (Fsp3) is 0.0270. The third-order valence-corrected chi connectivity index (χ3v) is 7.47. The first-order valence-electron chi connectivity index (χ1n) is 13.2. The first-order chi connectivity index (χ1) is 18.8. The molecule has 0 fully saturated rings. The normalized spacial score (nSPS) is 12.1. The van der Waals surface area contributed by atoms with E-state index in [9.17, 15) is 0 Å². The van der Waals surface area contributed by atoms with E-state index in [1.165, 1.54) is 61.6 Å². The van der Waals surface area contributed by atoms with Gasteiger partial charge in [0.1, 0.15) is 0 Å². The summed E-state index contributed by atoms with van der Waals surface area (Å²) in [6.45, 7) is 0. The Morgan fingerprint density at radius 2 is 0.711 bits per heavy atom. The lowest BCUT2D eigenvalue weighted by atomic mass is 9.90. The number of hydrogen-bond donors (Lipinski definition) is 0. The highest BCUT2D eigenvalue weighted by Gasteiger charge is 2.25. The fourth-order valence-corrected chi connectivity index (χ4v) is 5.56. The maximum atomic E-state index is 2.42. The Morgan fingerprint density at radius 3 is 1.16 bits per heavy atom. The van der Waals surface area contributed by atoms with Gasteiger partial charge >= 0.3 is 0 Å². The van der Waals surface area contributed by atoms with E-state index in [0.29, 0.717) is 0 Å². The SMILES string of the molecule is c1ccc(-c2ccc(N3c4ccc(-c5ccccc5)cc4Cc4cc(-c5ccccc5)ccc43)cc2)cc1. The summed E-state index contributed by atoms with van der Waals surface area (Å²) >= 11 is 0. The van der Waals surface area contributed by atoms with Gasteiger partial charge in [-0.3, -0.25) is 0 Å². The minimum Gasteiger partial charge on any atom is -0.310 e. The highest BCUT2D eigenvalue weighted by atomic mass is 15.2. The second kappa shape index (κ2) is 9.53. The van der Waals surface area contributed by atoms with E-state index in [1.807, 2.05) is 0 Å². The molecule has 1 heterocycles. The van der Waals surface area contributed by atoms with Crippen molar-refractivity contribution in [1.29, 1.82) is 0 Å². The van der Waals surface area contributed by atoms with Crippen molar-refractivity contribution >= 4 is 17.1 Å². The highest BCUT2D eigenvalue weighted by Crippen LogP contribution is 2.46. The minimum atomic E-state index is 0.907. The van der Waals surface area contributed by atoms with Crippen LogP contribution in [0.15, 0.2) is 152 Å². The lowest BCUT2D eigenvalue weighted by Crippen LogP contribution is -2.18. The third-order valence-electron chi connectivity index (χ3n) is 7.47. The van der Waals surface area contributed by atoms with Gasteiger partial charge in [-0.15, -0.1) is 0 Å². The average molecular weight is 486 g/mol. The van der Waals surface area contributed by atoms with Crippen LogP contribution in [-0.2, 0) is 6.42 Å². The molecule has 1 nitrogen and oxygen atoms in total. The van der Waals surface area contributed by atoms with Crippen molar-refractivity contribution in [2.24, 2.45) is 0 Å². The predicted octanol–water partition coefficient (Wildman–Crippen LogP) is 10.1. The standard InChI is InChI=1S/C37H27N/c1-4-10-27(11-5-1)30-16-20-35(21-17-30)38-36-22-18-31(28-12-6-2-7-13-28)24-33(36)26-34-25-32(19-23-37(34)38)29-14-8-3-9-15-29/h1-25H,26H2. The fourth-order valence-electron chi connectivity index (χ4n) is 5.56. The zero-order valence-corrected chi connectivity index (χ0v) is 21.1. The van der Waals surface area contributed by atoms with Crippen LogP contribution in [0.4, 0.5) is 17.1 Å². The summed E-state index contributed by atoms with van der Waals surface area (Å²) < 4.78 is 0. The van der Waals surface area contributed by atoms with Gasteiger partial charge in [0, 0.05) is 23.5 Å². The maximum Gasteiger partial charge on any atom is 0.0497 e. The molecule has 180 valence electrons. The molecule has 1 aliphatic heterocycles. The van der Waals surface area contributed by atoms with Crippen LogP contribution in [0, 0.1) is 0 Å². The molecule has 0 radical (unpaired) electrons. The topological polar surface area (TPSA) is 3.24 Å². The average Bonchev–Trinajstić information content (AvgIpc) is 3.01. The Kier molecular flexibility index (Phi) is 5.60. The Morgan fingerprint density at radius 1 is 0.342 bits per heavy atom. The molecular weight excluding hydrogens is 458 g/mol. The van der Waals surface area contributed by atoms with Crippen LogP contribution in [0.3, 0.4) is 0 Å². The van der Waals surface area contributed by atoms with Gasteiger partial charge in [0.15, 0.2) is 0 Å². The van der Waals surface area contributed by atoms with Crippen LogP contribution in [-0.4, -0.2) is 0 Å². The van der Waals surface area contributed by atoms with Crippen LogP contribution in [0.5, 0.6) is 0 Å².